The molecule has 1 aromatic rings. The van der Waals surface area contributed by atoms with Gasteiger partial charge in [-0.1, -0.05) is 0 Å². The van der Waals surface area contributed by atoms with Crippen molar-refractivity contribution in [1.82, 2.24) is 5.48 Å². The molecule has 0 aromatic heterocycles. The van der Waals surface area contributed by atoms with E-state index in [1.165, 1.54) is 18.2 Å². The van der Waals surface area contributed by atoms with Crippen LogP contribution in [0.4, 0.5) is 14.9 Å². The van der Waals surface area contributed by atoms with Crippen molar-refractivity contribution in [2.45, 2.75) is 6.92 Å². The number of urea groups is 1. The van der Waals surface area contributed by atoms with Crippen molar-refractivity contribution in [2.75, 3.05) is 11.9 Å². The Morgan fingerprint density at radius 1 is 1.47 bits per heavy atom. The molecule has 6 nitrogen and oxygen atoms in total. The first-order chi connectivity index (χ1) is 7.99. The molecule has 0 unspecified atom stereocenters. The number of carbonyl (C=O) groups excluding carboxylic acids is 1. The standard InChI is InChI=1S/C10H11FN2O4/c1-6-4-7(11)2-3-8(6)12-10(16)13-17-5-9(14)15/h2-4H,5H2,1H3,(H,14,15)(H2,12,13,16). The lowest BCUT2D eigenvalue weighted by atomic mass is 10.2. The van der Waals surface area contributed by atoms with Crippen molar-refractivity contribution >= 4 is 17.7 Å². The van der Waals surface area contributed by atoms with Gasteiger partial charge in [0.05, 0.1) is 0 Å². The third-order valence-electron chi connectivity index (χ3n) is 1.80. The maximum absolute atomic E-state index is 12.8. The van der Waals surface area contributed by atoms with E-state index < -0.39 is 24.4 Å². The highest BCUT2D eigenvalue weighted by atomic mass is 19.1. The smallest absolute Gasteiger partial charge is 0.343 e. The van der Waals surface area contributed by atoms with Gasteiger partial charge in [0.1, 0.15) is 5.82 Å². The van der Waals surface area contributed by atoms with Gasteiger partial charge in [0, 0.05) is 5.69 Å². The summed E-state index contributed by atoms with van der Waals surface area (Å²) in [5.41, 5.74) is 2.83. The van der Waals surface area contributed by atoms with Crippen LogP contribution in [0, 0.1) is 12.7 Å². The second kappa shape index (κ2) is 5.80. The number of carbonyl (C=O) groups is 2. The van der Waals surface area contributed by atoms with E-state index in [0.29, 0.717) is 11.3 Å². The first-order valence-corrected chi connectivity index (χ1v) is 4.66. The summed E-state index contributed by atoms with van der Waals surface area (Å²) < 4.78 is 12.8. The Bertz CT molecular complexity index is 436. The number of carboxylic acids is 1. The second-order valence-corrected chi connectivity index (χ2v) is 3.20. The number of anilines is 1. The lowest BCUT2D eigenvalue weighted by Gasteiger charge is -2.08. The van der Waals surface area contributed by atoms with Crippen molar-refractivity contribution < 1.29 is 23.9 Å². The van der Waals surface area contributed by atoms with E-state index in [9.17, 15) is 14.0 Å². The summed E-state index contributed by atoms with van der Waals surface area (Å²) in [4.78, 5) is 25.6. The number of aryl methyl sites for hydroxylation is 1. The summed E-state index contributed by atoms with van der Waals surface area (Å²) in [5, 5.41) is 10.6. The Hall–Kier alpha value is -2.15. The first-order valence-electron chi connectivity index (χ1n) is 4.66. The van der Waals surface area contributed by atoms with Crippen LogP contribution in [-0.4, -0.2) is 23.7 Å². The number of hydrogen-bond donors (Lipinski definition) is 3. The highest BCUT2D eigenvalue weighted by molar-refractivity contribution is 5.89. The molecule has 0 saturated heterocycles. The summed E-state index contributed by atoms with van der Waals surface area (Å²) in [7, 11) is 0. The minimum Gasteiger partial charge on any atom is -0.479 e. The molecule has 0 fully saturated rings. The van der Waals surface area contributed by atoms with Crippen LogP contribution in [0.15, 0.2) is 18.2 Å². The molecule has 0 atom stereocenters. The van der Waals surface area contributed by atoms with E-state index in [-0.39, 0.29) is 0 Å². The zero-order chi connectivity index (χ0) is 12.8. The monoisotopic (exact) mass is 242 g/mol. The van der Waals surface area contributed by atoms with Crippen LogP contribution in [-0.2, 0) is 9.63 Å². The van der Waals surface area contributed by atoms with Crippen LogP contribution >= 0.6 is 0 Å². The molecule has 0 bridgehead atoms. The van der Waals surface area contributed by atoms with Crippen LogP contribution in [0.3, 0.4) is 0 Å². The average molecular weight is 242 g/mol. The Morgan fingerprint density at radius 2 is 2.18 bits per heavy atom. The van der Waals surface area contributed by atoms with Gasteiger partial charge in [-0.25, -0.2) is 19.5 Å². The molecular weight excluding hydrogens is 231 g/mol. The minimum atomic E-state index is -1.21. The third-order valence-corrected chi connectivity index (χ3v) is 1.80. The quantitative estimate of drug-likeness (QED) is 0.694. The van der Waals surface area contributed by atoms with Gasteiger partial charge in [-0.2, -0.15) is 0 Å². The van der Waals surface area contributed by atoms with E-state index in [4.69, 9.17) is 5.11 Å². The first kappa shape index (κ1) is 12.9. The molecule has 1 rings (SSSR count). The van der Waals surface area contributed by atoms with Gasteiger partial charge in [0.25, 0.3) is 0 Å². The molecule has 92 valence electrons. The molecule has 0 aliphatic heterocycles. The number of aliphatic carboxylic acids is 1. The zero-order valence-electron chi connectivity index (χ0n) is 8.99. The van der Waals surface area contributed by atoms with E-state index >= 15 is 0 Å². The highest BCUT2D eigenvalue weighted by Crippen LogP contribution is 2.15. The third kappa shape index (κ3) is 4.47. The topological polar surface area (TPSA) is 87.7 Å². The maximum atomic E-state index is 12.8. The summed E-state index contributed by atoms with van der Waals surface area (Å²) in [6.45, 7) is 0.979. The predicted molar refractivity (Wildman–Crippen MR) is 56.9 cm³/mol. The number of hydroxylamine groups is 1. The van der Waals surface area contributed by atoms with Gasteiger partial charge in [0.2, 0.25) is 0 Å². The van der Waals surface area contributed by atoms with Crippen molar-refractivity contribution in [3.05, 3.63) is 29.6 Å². The molecule has 0 heterocycles. The molecule has 3 N–H and O–H groups in total. The summed E-state index contributed by atoms with van der Waals surface area (Å²) >= 11 is 0. The fourth-order valence-corrected chi connectivity index (χ4v) is 1.08. The van der Waals surface area contributed by atoms with E-state index in [0.717, 1.165) is 0 Å². The molecule has 2 amide bonds. The van der Waals surface area contributed by atoms with Crippen molar-refractivity contribution in [3.8, 4) is 0 Å². The number of carboxylic acid groups (broad SMARTS) is 1. The SMILES string of the molecule is Cc1cc(F)ccc1NC(=O)NOCC(=O)O. The molecule has 1 aromatic carbocycles. The van der Waals surface area contributed by atoms with Crippen molar-refractivity contribution in [3.63, 3.8) is 0 Å². The van der Waals surface area contributed by atoms with Gasteiger partial charge in [-0.15, -0.1) is 0 Å². The van der Waals surface area contributed by atoms with Crippen LogP contribution in [0.5, 0.6) is 0 Å². The van der Waals surface area contributed by atoms with Crippen LogP contribution in [0.1, 0.15) is 5.56 Å². The van der Waals surface area contributed by atoms with E-state index in [2.05, 4.69) is 10.2 Å². The molecule has 0 aliphatic rings. The molecule has 0 saturated carbocycles. The normalized spacial score (nSPS) is 9.76. The molecule has 17 heavy (non-hydrogen) atoms. The number of nitrogens with one attached hydrogen (secondary N) is 2. The van der Waals surface area contributed by atoms with Gasteiger partial charge in [-0.3, -0.25) is 4.84 Å². The number of hydrogen-bond acceptors (Lipinski definition) is 3. The van der Waals surface area contributed by atoms with Crippen molar-refractivity contribution in [2.24, 2.45) is 0 Å². The van der Waals surface area contributed by atoms with Crippen molar-refractivity contribution in [1.29, 1.82) is 0 Å². The fourth-order valence-electron chi connectivity index (χ4n) is 1.08. The van der Waals surface area contributed by atoms with Crippen LogP contribution < -0.4 is 10.8 Å². The average Bonchev–Trinajstić information content (AvgIpc) is 2.21. The van der Waals surface area contributed by atoms with Crippen LogP contribution in [0.2, 0.25) is 0 Å². The summed E-state index contributed by atoms with van der Waals surface area (Å²) in [6.07, 6.45) is 0. The van der Waals surface area contributed by atoms with Gasteiger partial charge in [0.15, 0.2) is 6.61 Å². The van der Waals surface area contributed by atoms with Crippen LogP contribution in [0.25, 0.3) is 0 Å². The van der Waals surface area contributed by atoms with E-state index in [1.54, 1.807) is 6.92 Å². The number of amides is 2. The number of benzene rings is 1. The Kier molecular flexibility index (Phi) is 4.41. The zero-order valence-corrected chi connectivity index (χ0v) is 8.99. The second-order valence-electron chi connectivity index (χ2n) is 3.20. The van der Waals surface area contributed by atoms with Gasteiger partial charge < -0.3 is 10.4 Å². The minimum absolute atomic E-state index is 0.405. The molecule has 0 spiro atoms. The lowest BCUT2D eigenvalue weighted by Crippen LogP contribution is -2.31. The van der Waals surface area contributed by atoms with E-state index in [1.807, 2.05) is 5.48 Å². The Labute approximate surface area is 96.3 Å². The van der Waals surface area contributed by atoms with Gasteiger partial charge in [-0.05, 0) is 30.7 Å². The molecular formula is C10H11FN2O4. The Morgan fingerprint density at radius 3 is 2.76 bits per heavy atom. The summed E-state index contributed by atoms with van der Waals surface area (Å²) in [6, 6.07) is 3.11. The fraction of sp³-hybridized carbons (Fsp3) is 0.200. The molecule has 0 aliphatic carbocycles. The molecule has 7 heteroatoms. The number of halogens is 1. The molecule has 0 radical (unpaired) electrons. The predicted octanol–water partition coefficient (Wildman–Crippen LogP) is 1.27. The highest BCUT2D eigenvalue weighted by Gasteiger charge is 2.05. The number of rotatable bonds is 4. The Balaban J connectivity index is 2.48. The largest absolute Gasteiger partial charge is 0.479 e. The maximum Gasteiger partial charge on any atom is 0.343 e. The lowest BCUT2D eigenvalue weighted by molar-refractivity contribution is -0.143. The van der Waals surface area contributed by atoms with Gasteiger partial charge >= 0.3 is 12.0 Å². The summed E-state index contributed by atoms with van der Waals surface area (Å²) in [5.74, 6) is -1.61.